The number of methoxy groups -OCH3 is 2. The molecule has 0 spiro atoms. The number of nitrogens with one attached hydrogen (secondary N) is 1. The summed E-state index contributed by atoms with van der Waals surface area (Å²) in [5.41, 5.74) is 1.99. The molecule has 0 atom stereocenters. The SMILES string of the molecule is COc1ccc(CC(=O)OCC(=O)NCC2(c3ccccc3)CC2)cc1OC. The van der Waals surface area contributed by atoms with Crippen LogP contribution >= 0.6 is 0 Å². The first kappa shape index (κ1) is 19.7. The van der Waals surface area contributed by atoms with Gasteiger partial charge in [-0.25, -0.2) is 0 Å². The van der Waals surface area contributed by atoms with Crippen LogP contribution in [0.2, 0.25) is 0 Å². The topological polar surface area (TPSA) is 73.9 Å². The number of hydrogen-bond donors (Lipinski definition) is 1. The van der Waals surface area contributed by atoms with Crippen LogP contribution in [0.4, 0.5) is 0 Å². The molecule has 3 rings (SSSR count). The Kier molecular flexibility index (Phi) is 6.19. The number of benzene rings is 2. The molecule has 0 unspecified atom stereocenters. The second kappa shape index (κ2) is 8.78. The molecule has 6 nitrogen and oxygen atoms in total. The fourth-order valence-electron chi connectivity index (χ4n) is 3.18. The van der Waals surface area contributed by atoms with Crippen LogP contribution in [0.3, 0.4) is 0 Å². The first-order chi connectivity index (χ1) is 13.6. The Labute approximate surface area is 164 Å². The zero-order chi connectivity index (χ0) is 20.0. The molecule has 148 valence electrons. The zero-order valence-electron chi connectivity index (χ0n) is 16.2. The van der Waals surface area contributed by atoms with Gasteiger partial charge in [-0.05, 0) is 36.1 Å². The van der Waals surface area contributed by atoms with E-state index in [0.717, 1.165) is 18.4 Å². The van der Waals surface area contributed by atoms with Gasteiger partial charge in [-0.3, -0.25) is 9.59 Å². The van der Waals surface area contributed by atoms with Crippen molar-refractivity contribution in [2.75, 3.05) is 27.4 Å². The maximum atomic E-state index is 12.1. The van der Waals surface area contributed by atoms with E-state index in [1.807, 2.05) is 18.2 Å². The Morgan fingerprint density at radius 1 is 1.00 bits per heavy atom. The van der Waals surface area contributed by atoms with Crippen LogP contribution in [0.25, 0.3) is 0 Å². The van der Waals surface area contributed by atoms with E-state index in [9.17, 15) is 9.59 Å². The standard InChI is InChI=1S/C22H25NO5/c1-26-18-9-8-16(12-19(18)27-2)13-21(25)28-14-20(24)23-15-22(10-11-22)17-6-4-3-5-7-17/h3-9,12H,10-11,13-15H2,1-2H3,(H,23,24). The molecular formula is C22H25NO5. The lowest BCUT2D eigenvalue weighted by atomic mass is 9.96. The number of carbonyl (C=O) groups is 2. The largest absolute Gasteiger partial charge is 0.493 e. The van der Waals surface area contributed by atoms with E-state index in [1.165, 1.54) is 12.7 Å². The summed E-state index contributed by atoms with van der Waals surface area (Å²) in [6.07, 6.45) is 2.16. The number of ether oxygens (including phenoxy) is 3. The van der Waals surface area contributed by atoms with E-state index in [-0.39, 0.29) is 24.3 Å². The van der Waals surface area contributed by atoms with Crippen LogP contribution in [0.1, 0.15) is 24.0 Å². The molecule has 1 N–H and O–H groups in total. The fourth-order valence-corrected chi connectivity index (χ4v) is 3.18. The number of esters is 1. The van der Waals surface area contributed by atoms with E-state index in [4.69, 9.17) is 14.2 Å². The van der Waals surface area contributed by atoms with Crippen molar-refractivity contribution >= 4 is 11.9 Å². The predicted molar refractivity (Wildman–Crippen MR) is 105 cm³/mol. The molecule has 2 aromatic carbocycles. The normalized spacial score (nSPS) is 14.1. The molecule has 0 heterocycles. The molecule has 0 saturated heterocycles. The van der Waals surface area contributed by atoms with E-state index in [1.54, 1.807) is 25.3 Å². The Balaban J connectivity index is 1.44. The highest BCUT2D eigenvalue weighted by atomic mass is 16.5. The van der Waals surface area contributed by atoms with E-state index >= 15 is 0 Å². The van der Waals surface area contributed by atoms with E-state index < -0.39 is 5.97 Å². The van der Waals surface area contributed by atoms with Gasteiger partial charge >= 0.3 is 5.97 Å². The van der Waals surface area contributed by atoms with Crippen LogP contribution in [-0.2, 0) is 26.2 Å². The third-order valence-corrected chi connectivity index (χ3v) is 5.02. The first-order valence-electron chi connectivity index (χ1n) is 9.25. The highest BCUT2D eigenvalue weighted by molar-refractivity contribution is 5.81. The molecule has 1 fully saturated rings. The summed E-state index contributed by atoms with van der Waals surface area (Å²) in [4.78, 5) is 24.1. The fraction of sp³-hybridized carbons (Fsp3) is 0.364. The molecule has 6 heteroatoms. The molecule has 0 radical (unpaired) electrons. The highest BCUT2D eigenvalue weighted by Crippen LogP contribution is 2.47. The van der Waals surface area contributed by atoms with E-state index in [2.05, 4.69) is 17.4 Å². The summed E-state index contributed by atoms with van der Waals surface area (Å²) >= 11 is 0. The van der Waals surface area contributed by atoms with Gasteiger partial charge in [0.15, 0.2) is 18.1 Å². The van der Waals surface area contributed by atoms with Crippen molar-refractivity contribution in [3.05, 3.63) is 59.7 Å². The maximum absolute atomic E-state index is 12.1. The summed E-state index contributed by atoms with van der Waals surface area (Å²) in [6, 6.07) is 15.4. The number of rotatable bonds is 9. The van der Waals surface area contributed by atoms with Gasteiger partial charge in [0.2, 0.25) is 0 Å². The maximum Gasteiger partial charge on any atom is 0.310 e. The molecule has 1 aliphatic rings. The number of amides is 1. The molecular weight excluding hydrogens is 358 g/mol. The van der Waals surface area contributed by atoms with Gasteiger partial charge in [-0.1, -0.05) is 36.4 Å². The molecule has 2 aromatic rings. The zero-order valence-corrected chi connectivity index (χ0v) is 16.2. The van der Waals surface area contributed by atoms with Crippen LogP contribution in [0, 0.1) is 0 Å². The Morgan fingerprint density at radius 2 is 1.71 bits per heavy atom. The van der Waals surface area contributed by atoms with Gasteiger partial charge in [0, 0.05) is 12.0 Å². The van der Waals surface area contributed by atoms with Crippen molar-refractivity contribution in [3.8, 4) is 11.5 Å². The van der Waals surface area contributed by atoms with Gasteiger partial charge in [0.25, 0.3) is 5.91 Å². The van der Waals surface area contributed by atoms with Gasteiger partial charge in [0.1, 0.15) is 0 Å². The monoisotopic (exact) mass is 383 g/mol. The van der Waals surface area contributed by atoms with Crippen molar-refractivity contribution in [2.24, 2.45) is 0 Å². The third kappa shape index (κ3) is 4.82. The summed E-state index contributed by atoms with van der Waals surface area (Å²) in [5.74, 6) is 0.377. The van der Waals surface area contributed by atoms with Gasteiger partial charge in [-0.2, -0.15) is 0 Å². The second-order valence-corrected chi connectivity index (χ2v) is 6.95. The molecule has 1 saturated carbocycles. The van der Waals surface area contributed by atoms with Crippen molar-refractivity contribution < 1.29 is 23.8 Å². The summed E-state index contributed by atoms with van der Waals surface area (Å²) in [5, 5.41) is 2.88. The summed E-state index contributed by atoms with van der Waals surface area (Å²) < 4.78 is 15.5. The van der Waals surface area contributed by atoms with Crippen LogP contribution in [0.15, 0.2) is 48.5 Å². The van der Waals surface area contributed by atoms with Crippen LogP contribution in [0.5, 0.6) is 11.5 Å². The van der Waals surface area contributed by atoms with Crippen molar-refractivity contribution in [2.45, 2.75) is 24.7 Å². The van der Waals surface area contributed by atoms with Crippen molar-refractivity contribution in [1.29, 1.82) is 0 Å². The lowest BCUT2D eigenvalue weighted by molar-refractivity contribution is -0.147. The summed E-state index contributed by atoms with van der Waals surface area (Å²) in [7, 11) is 3.08. The molecule has 1 amide bonds. The van der Waals surface area contributed by atoms with Crippen LogP contribution in [-0.4, -0.2) is 39.2 Å². The quantitative estimate of drug-likeness (QED) is 0.674. The molecule has 1 aliphatic carbocycles. The Bertz CT molecular complexity index is 830. The Morgan fingerprint density at radius 3 is 2.36 bits per heavy atom. The van der Waals surface area contributed by atoms with Crippen molar-refractivity contribution in [3.63, 3.8) is 0 Å². The second-order valence-electron chi connectivity index (χ2n) is 6.95. The van der Waals surface area contributed by atoms with Crippen LogP contribution < -0.4 is 14.8 Å². The number of hydrogen-bond acceptors (Lipinski definition) is 5. The predicted octanol–water partition coefficient (Wildman–Crippen LogP) is 2.64. The molecule has 28 heavy (non-hydrogen) atoms. The average Bonchev–Trinajstić information content (AvgIpc) is 3.52. The minimum absolute atomic E-state index is 0.0284. The van der Waals surface area contributed by atoms with Crippen molar-refractivity contribution in [1.82, 2.24) is 5.32 Å². The minimum atomic E-state index is -0.466. The van der Waals surface area contributed by atoms with Gasteiger partial charge in [-0.15, -0.1) is 0 Å². The Hall–Kier alpha value is -3.02. The molecule has 0 aromatic heterocycles. The van der Waals surface area contributed by atoms with Gasteiger partial charge in [0.05, 0.1) is 20.6 Å². The smallest absolute Gasteiger partial charge is 0.310 e. The minimum Gasteiger partial charge on any atom is -0.493 e. The molecule has 0 bridgehead atoms. The lowest BCUT2D eigenvalue weighted by Crippen LogP contribution is -2.35. The average molecular weight is 383 g/mol. The van der Waals surface area contributed by atoms with E-state index in [0.29, 0.717) is 18.0 Å². The molecule has 0 aliphatic heterocycles. The highest BCUT2D eigenvalue weighted by Gasteiger charge is 2.44. The third-order valence-electron chi connectivity index (χ3n) is 5.02. The first-order valence-corrected chi connectivity index (χ1v) is 9.25. The lowest BCUT2D eigenvalue weighted by Gasteiger charge is -2.16. The van der Waals surface area contributed by atoms with Gasteiger partial charge < -0.3 is 19.5 Å². The summed E-state index contributed by atoms with van der Waals surface area (Å²) in [6.45, 7) is 0.278. The number of carbonyl (C=O) groups excluding carboxylic acids is 2.